The summed E-state index contributed by atoms with van der Waals surface area (Å²) in [6.07, 6.45) is 3.47. The zero-order valence-corrected chi connectivity index (χ0v) is 11.0. The first-order valence-corrected chi connectivity index (χ1v) is 6.26. The highest BCUT2D eigenvalue weighted by Gasteiger charge is 2.06. The molecule has 2 aromatic heterocycles. The van der Waals surface area contributed by atoms with Crippen molar-refractivity contribution in [1.29, 1.82) is 0 Å². The van der Waals surface area contributed by atoms with Crippen molar-refractivity contribution >= 4 is 0 Å². The van der Waals surface area contributed by atoms with E-state index in [4.69, 9.17) is 8.83 Å². The Hall–Kier alpha value is -1.52. The van der Waals surface area contributed by atoms with Crippen LogP contribution in [0.3, 0.4) is 0 Å². The van der Waals surface area contributed by atoms with E-state index in [1.54, 1.807) is 12.5 Å². The Bertz CT molecular complexity index is 448. The number of nitrogens with one attached hydrogen (secondary N) is 1. The van der Waals surface area contributed by atoms with E-state index in [0.29, 0.717) is 0 Å². The highest BCUT2D eigenvalue weighted by atomic mass is 16.3. The lowest BCUT2D eigenvalue weighted by Gasteiger charge is -2.13. The molecule has 18 heavy (non-hydrogen) atoms. The fourth-order valence-electron chi connectivity index (χ4n) is 1.87. The molecule has 0 radical (unpaired) electrons. The summed E-state index contributed by atoms with van der Waals surface area (Å²) < 4.78 is 10.8. The molecule has 0 bridgehead atoms. The Morgan fingerprint density at radius 3 is 2.72 bits per heavy atom. The van der Waals surface area contributed by atoms with Crippen molar-refractivity contribution in [2.75, 3.05) is 13.6 Å². The minimum absolute atomic E-state index is 0.794. The van der Waals surface area contributed by atoms with Gasteiger partial charge in [-0.15, -0.1) is 0 Å². The van der Waals surface area contributed by atoms with Crippen LogP contribution < -0.4 is 5.32 Å². The topological polar surface area (TPSA) is 41.5 Å². The molecule has 4 nitrogen and oxygen atoms in total. The second-order valence-corrected chi connectivity index (χ2v) is 4.45. The van der Waals surface area contributed by atoms with Crippen LogP contribution in [0.25, 0.3) is 0 Å². The third-order valence-electron chi connectivity index (χ3n) is 2.72. The average Bonchev–Trinajstić information content (AvgIpc) is 2.98. The van der Waals surface area contributed by atoms with Gasteiger partial charge in [0, 0.05) is 12.1 Å². The fraction of sp³-hybridized carbons (Fsp3) is 0.429. The van der Waals surface area contributed by atoms with Gasteiger partial charge in [-0.3, -0.25) is 4.90 Å². The number of hydrogen-bond acceptors (Lipinski definition) is 4. The predicted molar refractivity (Wildman–Crippen MR) is 70.0 cm³/mol. The molecular weight excluding hydrogens is 228 g/mol. The molecule has 0 fully saturated rings. The number of rotatable bonds is 7. The molecule has 0 amide bonds. The van der Waals surface area contributed by atoms with Crippen molar-refractivity contribution in [2.45, 2.75) is 26.6 Å². The van der Waals surface area contributed by atoms with Crippen LogP contribution in [0, 0.1) is 0 Å². The summed E-state index contributed by atoms with van der Waals surface area (Å²) in [7, 11) is 2.07. The van der Waals surface area contributed by atoms with Crippen LogP contribution in [0.5, 0.6) is 0 Å². The first-order chi connectivity index (χ1) is 8.78. The Morgan fingerprint density at radius 2 is 2.00 bits per heavy atom. The molecule has 0 saturated carbocycles. The zero-order valence-electron chi connectivity index (χ0n) is 11.0. The van der Waals surface area contributed by atoms with Crippen LogP contribution in [-0.4, -0.2) is 18.5 Å². The molecule has 4 heteroatoms. The standard InChI is InChI=1S/C14H20N2O2/c1-3-15-8-13-4-5-14(18-13)10-16(2)9-12-6-7-17-11-12/h4-7,11,15H,3,8-10H2,1-2H3. The SMILES string of the molecule is CCNCc1ccc(CN(C)Cc2ccoc2)o1. The molecule has 1 N–H and O–H groups in total. The van der Waals surface area contributed by atoms with E-state index >= 15 is 0 Å². The lowest BCUT2D eigenvalue weighted by atomic mass is 10.3. The highest BCUT2D eigenvalue weighted by molar-refractivity contribution is 5.08. The molecule has 0 atom stereocenters. The molecule has 0 aliphatic rings. The Balaban J connectivity index is 1.83. The van der Waals surface area contributed by atoms with Crippen molar-refractivity contribution in [2.24, 2.45) is 0 Å². The van der Waals surface area contributed by atoms with E-state index < -0.39 is 0 Å². The summed E-state index contributed by atoms with van der Waals surface area (Å²) in [5.41, 5.74) is 1.18. The lowest BCUT2D eigenvalue weighted by Crippen LogP contribution is -2.16. The average molecular weight is 248 g/mol. The largest absolute Gasteiger partial charge is 0.472 e. The fourth-order valence-corrected chi connectivity index (χ4v) is 1.87. The van der Waals surface area contributed by atoms with Gasteiger partial charge in [-0.1, -0.05) is 6.92 Å². The summed E-state index contributed by atoms with van der Waals surface area (Å²) in [4.78, 5) is 2.20. The molecule has 0 spiro atoms. The minimum Gasteiger partial charge on any atom is -0.472 e. The number of hydrogen-bond donors (Lipinski definition) is 1. The van der Waals surface area contributed by atoms with E-state index in [0.717, 1.165) is 37.7 Å². The molecule has 2 rings (SSSR count). The third kappa shape index (κ3) is 3.75. The molecule has 0 aromatic carbocycles. The van der Waals surface area contributed by atoms with Gasteiger partial charge in [-0.05, 0) is 31.8 Å². The molecule has 0 saturated heterocycles. The van der Waals surface area contributed by atoms with Crippen molar-refractivity contribution in [3.8, 4) is 0 Å². The Kier molecular flexibility index (Phi) is 4.61. The monoisotopic (exact) mass is 248 g/mol. The van der Waals surface area contributed by atoms with Gasteiger partial charge in [0.1, 0.15) is 11.5 Å². The normalized spacial score (nSPS) is 11.3. The van der Waals surface area contributed by atoms with Crippen LogP contribution >= 0.6 is 0 Å². The first-order valence-electron chi connectivity index (χ1n) is 6.26. The highest BCUT2D eigenvalue weighted by Crippen LogP contribution is 2.12. The zero-order chi connectivity index (χ0) is 12.8. The molecule has 0 unspecified atom stereocenters. The van der Waals surface area contributed by atoms with E-state index in [-0.39, 0.29) is 0 Å². The number of furan rings is 2. The predicted octanol–water partition coefficient (Wildman–Crippen LogP) is 2.61. The maximum Gasteiger partial charge on any atom is 0.118 e. The summed E-state index contributed by atoms with van der Waals surface area (Å²) in [5, 5.41) is 3.25. The lowest BCUT2D eigenvalue weighted by molar-refractivity contribution is 0.282. The smallest absolute Gasteiger partial charge is 0.118 e. The van der Waals surface area contributed by atoms with Crippen molar-refractivity contribution in [3.05, 3.63) is 47.8 Å². The van der Waals surface area contributed by atoms with E-state index in [1.165, 1.54) is 5.56 Å². The van der Waals surface area contributed by atoms with Crippen LogP contribution in [0.2, 0.25) is 0 Å². The van der Waals surface area contributed by atoms with Crippen LogP contribution in [0.15, 0.2) is 39.6 Å². The summed E-state index contributed by atoms with van der Waals surface area (Å²) >= 11 is 0. The Morgan fingerprint density at radius 1 is 1.17 bits per heavy atom. The second kappa shape index (κ2) is 6.42. The maximum atomic E-state index is 5.75. The summed E-state index contributed by atoms with van der Waals surface area (Å²) in [6, 6.07) is 6.05. The van der Waals surface area contributed by atoms with Gasteiger partial charge in [0.05, 0.1) is 25.6 Å². The van der Waals surface area contributed by atoms with E-state index in [2.05, 4.69) is 24.2 Å². The quantitative estimate of drug-likeness (QED) is 0.817. The third-order valence-corrected chi connectivity index (χ3v) is 2.72. The Labute approximate surface area is 108 Å². The minimum atomic E-state index is 0.794. The summed E-state index contributed by atoms with van der Waals surface area (Å²) in [6.45, 7) is 5.50. The van der Waals surface area contributed by atoms with Gasteiger partial charge >= 0.3 is 0 Å². The molecular formula is C14H20N2O2. The second-order valence-electron chi connectivity index (χ2n) is 4.45. The molecule has 0 aliphatic carbocycles. The van der Waals surface area contributed by atoms with Crippen LogP contribution in [-0.2, 0) is 19.6 Å². The van der Waals surface area contributed by atoms with Gasteiger partial charge in [0.2, 0.25) is 0 Å². The van der Waals surface area contributed by atoms with Gasteiger partial charge in [-0.2, -0.15) is 0 Å². The molecule has 0 aliphatic heterocycles. The van der Waals surface area contributed by atoms with Gasteiger partial charge in [0.15, 0.2) is 0 Å². The molecule has 2 aromatic rings. The van der Waals surface area contributed by atoms with Crippen molar-refractivity contribution in [3.63, 3.8) is 0 Å². The first kappa shape index (κ1) is 12.9. The van der Waals surface area contributed by atoms with Crippen LogP contribution in [0.1, 0.15) is 24.0 Å². The van der Waals surface area contributed by atoms with E-state index in [9.17, 15) is 0 Å². The van der Waals surface area contributed by atoms with Gasteiger partial charge in [0.25, 0.3) is 0 Å². The molecule has 98 valence electrons. The van der Waals surface area contributed by atoms with E-state index in [1.807, 2.05) is 18.2 Å². The molecule has 2 heterocycles. The van der Waals surface area contributed by atoms with Crippen molar-refractivity contribution in [1.82, 2.24) is 10.2 Å². The maximum absolute atomic E-state index is 5.75. The van der Waals surface area contributed by atoms with Crippen LogP contribution in [0.4, 0.5) is 0 Å². The van der Waals surface area contributed by atoms with Gasteiger partial charge in [-0.25, -0.2) is 0 Å². The van der Waals surface area contributed by atoms with Gasteiger partial charge < -0.3 is 14.2 Å². The summed E-state index contributed by atoms with van der Waals surface area (Å²) in [5.74, 6) is 1.98. The van der Waals surface area contributed by atoms with Crippen molar-refractivity contribution < 1.29 is 8.83 Å². The number of nitrogens with zero attached hydrogens (tertiary/aromatic N) is 1.